The number of carbonyl (C=O) groups excluding carboxylic acids is 1. The third-order valence-electron chi connectivity index (χ3n) is 1.24. The zero-order chi connectivity index (χ0) is 10.4. The second-order valence-electron chi connectivity index (χ2n) is 2.38. The first-order valence-corrected chi connectivity index (χ1v) is 4.80. The van der Waals surface area contributed by atoms with Crippen LogP contribution in [0.2, 0.25) is 0 Å². The SMILES string of the molecule is CCCON=C(C=O)c1nsc(N)n1. The maximum Gasteiger partial charge on any atom is 0.200 e. The standard InChI is InChI=1S/C7H10N4O2S/c1-2-3-13-10-5(4-12)6-9-7(8)14-11-6/h4H,2-3H2,1H3,(H2,8,9,11). The molecular weight excluding hydrogens is 204 g/mol. The van der Waals surface area contributed by atoms with Crippen LogP contribution in [-0.4, -0.2) is 28.0 Å². The Kier molecular flexibility index (Phi) is 3.99. The fourth-order valence-electron chi connectivity index (χ4n) is 0.661. The van der Waals surface area contributed by atoms with E-state index in [9.17, 15) is 4.79 Å². The van der Waals surface area contributed by atoms with Crippen LogP contribution in [0.5, 0.6) is 0 Å². The van der Waals surface area contributed by atoms with E-state index in [-0.39, 0.29) is 11.5 Å². The third-order valence-corrected chi connectivity index (χ3v) is 1.78. The van der Waals surface area contributed by atoms with E-state index >= 15 is 0 Å². The fraction of sp³-hybridized carbons (Fsp3) is 0.429. The number of oxime groups is 1. The van der Waals surface area contributed by atoms with Gasteiger partial charge >= 0.3 is 0 Å². The molecule has 0 spiro atoms. The lowest BCUT2D eigenvalue weighted by Gasteiger charge is -1.95. The van der Waals surface area contributed by atoms with E-state index < -0.39 is 0 Å². The Labute approximate surface area is 84.9 Å². The Hall–Kier alpha value is -1.50. The van der Waals surface area contributed by atoms with Crippen molar-refractivity contribution in [1.82, 2.24) is 9.36 Å². The summed E-state index contributed by atoms with van der Waals surface area (Å²) in [5, 5.41) is 3.89. The lowest BCUT2D eigenvalue weighted by molar-refractivity contribution is -0.102. The van der Waals surface area contributed by atoms with Crippen molar-refractivity contribution in [3.8, 4) is 0 Å². The fourth-order valence-corrected chi connectivity index (χ4v) is 1.10. The van der Waals surface area contributed by atoms with E-state index in [0.29, 0.717) is 18.0 Å². The van der Waals surface area contributed by atoms with Gasteiger partial charge < -0.3 is 10.6 Å². The molecule has 0 amide bonds. The Balaban J connectivity index is 2.71. The first kappa shape index (κ1) is 10.6. The number of nitrogen functional groups attached to an aromatic ring is 1. The Morgan fingerprint density at radius 1 is 1.79 bits per heavy atom. The van der Waals surface area contributed by atoms with Crippen LogP contribution in [0.15, 0.2) is 5.16 Å². The number of anilines is 1. The molecule has 0 aromatic carbocycles. The molecule has 6 nitrogen and oxygen atoms in total. The van der Waals surface area contributed by atoms with E-state index in [4.69, 9.17) is 10.6 Å². The molecule has 1 heterocycles. The lowest BCUT2D eigenvalue weighted by atomic mass is 10.4. The minimum atomic E-state index is 0.0615. The van der Waals surface area contributed by atoms with Gasteiger partial charge in [-0.1, -0.05) is 12.1 Å². The number of aromatic nitrogens is 2. The van der Waals surface area contributed by atoms with E-state index in [1.165, 1.54) is 0 Å². The van der Waals surface area contributed by atoms with Crippen LogP contribution in [-0.2, 0) is 9.63 Å². The summed E-state index contributed by atoms with van der Waals surface area (Å²) in [4.78, 5) is 19.2. The number of aldehydes is 1. The lowest BCUT2D eigenvalue weighted by Crippen LogP contribution is -2.06. The van der Waals surface area contributed by atoms with Crippen LogP contribution in [0.3, 0.4) is 0 Å². The summed E-state index contributed by atoms with van der Waals surface area (Å²) in [5.74, 6) is 0.207. The quantitative estimate of drug-likeness (QED) is 0.332. The number of rotatable bonds is 5. The summed E-state index contributed by atoms with van der Waals surface area (Å²) >= 11 is 1.01. The maximum atomic E-state index is 10.6. The van der Waals surface area contributed by atoms with Crippen molar-refractivity contribution in [1.29, 1.82) is 0 Å². The minimum Gasteiger partial charge on any atom is -0.395 e. The van der Waals surface area contributed by atoms with Gasteiger partial charge in [0.1, 0.15) is 6.61 Å². The Bertz CT molecular complexity index is 336. The van der Waals surface area contributed by atoms with Gasteiger partial charge in [0.2, 0.25) is 0 Å². The number of nitrogens with zero attached hydrogens (tertiary/aromatic N) is 3. The number of carbonyl (C=O) groups is 1. The van der Waals surface area contributed by atoms with Crippen molar-refractivity contribution in [3.63, 3.8) is 0 Å². The highest BCUT2D eigenvalue weighted by atomic mass is 32.1. The van der Waals surface area contributed by atoms with Crippen molar-refractivity contribution in [2.45, 2.75) is 13.3 Å². The summed E-state index contributed by atoms with van der Waals surface area (Å²) < 4.78 is 3.83. The first-order valence-electron chi connectivity index (χ1n) is 4.02. The van der Waals surface area contributed by atoms with Crippen molar-refractivity contribution in [2.24, 2.45) is 5.16 Å². The number of hydrogen-bond acceptors (Lipinski definition) is 7. The summed E-state index contributed by atoms with van der Waals surface area (Å²) in [5.41, 5.74) is 5.42. The van der Waals surface area contributed by atoms with Gasteiger partial charge in [-0.3, -0.25) is 4.79 Å². The predicted molar refractivity (Wildman–Crippen MR) is 53.2 cm³/mol. The molecule has 0 atom stereocenters. The monoisotopic (exact) mass is 214 g/mol. The van der Waals surface area contributed by atoms with Crippen molar-refractivity contribution < 1.29 is 9.63 Å². The van der Waals surface area contributed by atoms with E-state index in [1.807, 2.05) is 6.92 Å². The minimum absolute atomic E-state index is 0.0615. The zero-order valence-corrected chi connectivity index (χ0v) is 8.45. The summed E-state index contributed by atoms with van der Waals surface area (Å²) in [6.07, 6.45) is 1.36. The average molecular weight is 214 g/mol. The molecule has 0 bridgehead atoms. The molecule has 0 aliphatic carbocycles. The second kappa shape index (κ2) is 5.28. The largest absolute Gasteiger partial charge is 0.395 e. The maximum absolute atomic E-state index is 10.6. The zero-order valence-electron chi connectivity index (χ0n) is 7.64. The highest BCUT2D eigenvalue weighted by Crippen LogP contribution is 2.06. The topological polar surface area (TPSA) is 90.5 Å². The number of hydrogen-bond donors (Lipinski definition) is 1. The molecule has 0 unspecified atom stereocenters. The summed E-state index contributed by atoms with van der Waals surface area (Å²) in [6, 6.07) is 0. The normalized spacial score (nSPS) is 11.4. The Morgan fingerprint density at radius 2 is 2.57 bits per heavy atom. The van der Waals surface area contributed by atoms with Crippen molar-refractivity contribution in [3.05, 3.63) is 5.82 Å². The van der Waals surface area contributed by atoms with Gasteiger partial charge in [-0.15, -0.1) is 0 Å². The van der Waals surface area contributed by atoms with E-state index in [1.54, 1.807) is 0 Å². The van der Waals surface area contributed by atoms with Crippen molar-refractivity contribution >= 4 is 28.7 Å². The van der Waals surface area contributed by atoms with Gasteiger partial charge in [-0.2, -0.15) is 9.36 Å². The highest BCUT2D eigenvalue weighted by molar-refractivity contribution is 7.09. The molecule has 76 valence electrons. The van der Waals surface area contributed by atoms with Crippen LogP contribution in [0.1, 0.15) is 19.2 Å². The molecular formula is C7H10N4O2S. The van der Waals surface area contributed by atoms with E-state index in [2.05, 4.69) is 14.5 Å². The second-order valence-corrected chi connectivity index (χ2v) is 3.17. The summed E-state index contributed by atoms with van der Waals surface area (Å²) in [6.45, 7) is 2.39. The highest BCUT2D eigenvalue weighted by Gasteiger charge is 2.09. The third kappa shape index (κ3) is 2.77. The molecule has 14 heavy (non-hydrogen) atoms. The molecule has 7 heteroatoms. The van der Waals surface area contributed by atoms with Gasteiger partial charge in [0.15, 0.2) is 23.0 Å². The van der Waals surface area contributed by atoms with Crippen LogP contribution >= 0.6 is 11.5 Å². The first-order chi connectivity index (χ1) is 6.77. The molecule has 0 saturated heterocycles. The molecule has 1 aromatic rings. The number of nitrogens with two attached hydrogens (primary N) is 1. The van der Waals surface area contributed by atoms with Gasteiger partial charge in [-0.25, -0.2) is 0 Å². The van der Waals surface area contributed by atoms with Gasteiger partial charge in [0.05, 0.1) is 0 Å². The molecule has 0 aliphatic rings. The van der Waals surface area contributed by atoms with Crippen molar-refractivity contribution in [2.75, 3.05) is 12.3 Å². The molecule has 0 fully saturated rings. The van der Waals surface area contributed by atoms with Crippen LogP contribution < -0.4 is 5.73 Å². The molecule has 0 radical (unpaired) electrons. The van der Waals surface area contributed by atoms with E-state index in [0.717, 1.165) is 18.0 Å². The molecule has 0 saturated carbocycles. The smallest absolute Gasteiger partial charge is 0.200 e. The van der Waals surface area contributed by atoms with Gasteiger partial charge in [0, 0.05) is 11.5 Å². The molecule has 0 aliphatic heterocycles. The Morgan fingerprint density at radius 3 is 3.07 bits per heavy atom. The summed E-state index contributed by atoms with van der Waals surface area (Å²) in [7, 11) is 0. The van der Waals surface area contributed by atoms with Gasteiger partial charge in [-0.05, 0) is 6.42 Å². The molecule has 2 N–H and O–H groups in total. The van der Waals surface area contributed by atoms with Crippen LogP contribution in [0.4, 0.5) is 5.13 Å². The average Bonchev–Trinajstić information content (AvgIpc) is 2.60. The van der Waals surface area contributed by atoms with Crippen LogP contribution in [0, 0.1) is 0 Å². The predicted octanol–water partition coefficient (Wildman–Crippen LogP) is 0.450. The molecule has 1 rings (SSSR count). The van der Waals surface area contributed by atoms with Crippen LogP contribution in [0.25, 0.3) is 0 Å². The molecule has 1 aromatic heterocycles. The van der Waals surface area contributed by atoms with Gasteiger partial charge in [0.25, 0.3) is 0 Å².